The summed E-state index contributed by atoms with van der Waals surface area (Å²) in [4.78, 5) is 36.6. The molecule has 1 saturated carbocycles. The first kappa shape index (κ1) is 25.9. The summed E-state index contributed by atoms with van der Waals surface area (Å²) in [5.41, 5.74) is 5.22. The maximum absolute atomic E-state index is 15.4. The Kier molecular flexibility index (Phi) is 8.87. The minimum Gasteiger partial charge on any atom is -0.465 e. The van der Waals surface area contributed by atoms with E-state index >= 15 is 4.39 Å². The van der Waals surface area contributed by atoms with Gasteiger partial charge in [-0.25, -0.2) is 14.8 Å². The zero-order chi connectivity index (χ0) is 24.8. The Labute approximate surface area is 200 Å². The molecular formula is C23H38FN7O3. The Morgan fingerprint density at radius 1 is 1.24 bits per heavy atom. The summed E-state index contributed by atoms with van der Waals surface area (Å²) in [5, 5.41) is 11.3. The second-order valence-corrected chi connectivity index (χ2v) is 9.78. The van der Waals surface area contributed by atoms with E-state index in [1.54, 1.807) is 0 Å². The van der Waals surface area contributed by atoms with E-state index in [0.717, 1.165) is 25.7 Å². The third kappa shape index (κ3) is 6.46. The van der Waals surface area contributed by atoms with E-state index in [4.69, 9.17) is 5.11 Å². The highest BCUT2D eigenvalue weighted by Crippen LogP contribution is 2.31. The molecule has 0 spiro atoms. The Bertz CT molecular complexity index is 863. The molecular weight excluding hydrogens is 441 g/mol. The number of aryl methyl sites for hydroxylation is 1. The van der Waals surface area contributed by atoms with Crippen LogP contribution >= 0.6 is 0 Å². The van der Waals surface area contributed by atoms with Gasteiger partial charge in [0, 0.05) is 32.1 Å². The number of carbonyl (C=O) groups is 2. The molecule has 2 heterocycles. The van der Waals surface area contributed by atoms with Gasteiger partial charge in [0.2, 0.25) is 11.7 Å². The molecule has 0 radical (unpaired) electrons. The predicted octanol–water partition coefficient (Wildman–Crippen LogP) is 2.47. The average Bonchev–Trinajstić information content (AvgIpc) is 3.45. The van der Waals surface area contributed by atoms with Gasteiger partial charge >= 0.3 is 6.09 Å². The van der Waals surface area contributed by atoms with E-state index < -0.39 is 17.8 Å². The van der Waals surface area contributed by atoms with E-state index in [1.807, 2.05) is 25.9 Å². The van der Waals surface area contributed by atoms with E-state index in [-0.39, 0.29) is 30.1 Å². The van der Waals surface area contributed by atoms with E-state index in [1.165, 1.54) is 0 Å². The van der Waals surface area contributed by atoms with Crippen molar-refractivity contribution < 1.29 is 19.1 Å². The van der Waals surface area contributed by atoms with E-state index in [9.17, 15) is 9.59 Å². The first-order valence-electron chi connectivity index (χ1n) is 12.2. The van der Waals surface area contributed by atoms with Crippen LogP contribution < -0.4 is 21.1 Å². The zero-order valence-corrected chi connectivity index (χ0v) is 20.6. The van der Waals surface area contributed by atoms with Crippen molar-refractivity contribution in [2.24, 2.45) is 17.8 Å². The number of aromatic nitrogens is 2. The van der Waals surface area contributed by atoms with Crippen LogP contribution in [0.3, 0.4) is 0 Å². The zero-order valence-electron chi connectivity index (χ0n) is 20.6. The number of amides is 2. The van der Waals surface area contributed by atoms with Crippen molar-refractivity contribution in [2.45, 2.75) is 58.4 Å². The van der Waals surface area contributed by atoms with Gasteiger partial charge in [-0.1, -0.05) is 39.5 Å². The molecule has 0 aromatic carbocycles. The third-order valence-corrected chi connectivity index (χ3v) is 7.00. The monoisotopic (exact) mass is 479 g/mol. The van der Waals surface area contributed by atoms with E-state index in [2.05, 4.69) is 38.0 Å². The molecule has 34 heavy (non-hydrogen) atoms. The fourth-order valence-electron chi connectivity index (χ4n) is 5.09. The minimum atomic E-state index is -1.17. The molecule has 10 nitrogen and oxygen atoms in total. The quantitative estimate of drug-likeness (QED) is 0.378. The lowest BCUT2D eigenvalue weighted by Gasteiger charge is -2.23. The number of nitrogens with zero attached hydrogens (tertiary/aromatic N) is 4. The molecule has 2 fully saturated rings. The highest BCUT2D eigenvalue weighted by molar-refractivity contribution is 5.80. The van der Waals surface area contributed by atoms with Crippen molar-refractivity contribution in [3.8, 4) is 0 Å². The molecule has 11 heteroatoms. The number of hydrazine groups is 1. The normalized spacial score (nSPS) is 21.6. The van der Waals surface area contributed by atoms with Crippen LogP contribution in [0.2, 0.25) is 0 Å². The number of hydrogen-bond acceptors (Lipinski definition) is 7. The molecule has 3 atom stereocenters. The highest BCUT2D eigenvalue weighted by atomic mass is 19.1. The van der Waals surface area contributed by atoms with Gasteiger partial charge in [0.05, 0.1) is 5.92 Å². The first-order valence-corrected chi connectivity index (χ1v) is 12.2. The molecule has 1 aromatic rings. The number of likely N-dealkylation sites (N-methyl/N-ethyl adjacent to an activating group) is 1. The minimum absolute atomic E-state index is 0.00858. The number of halogens is 1. The lowest BCUT2D eigenvalue weighted by molar-refractivity contribution is -0.124. The van der Waals surface area contributed by atoms with Gasteiger partial charge in [-0.3, -0.25) is 15.6 Å². The lowest BCUT2D eigenvalue weighted by atomic mass is 9.92. The van der Waals surface area contributed by atoms with Crippen LogP contribution in [0.4, 0.5) is 20.8 Å². The Morgan fingerprint density at radius 2 is 1.94 bits per heavy atom. The van der Waals surface area contributed by atoms with Crippen molar-refractivity contribution in [3.05, 3.63) is 11.6 Å². The SMILES string of the molecule is CCc1nc(NNC(=O)[C@@H](CNC(=O)O)CC2CCCC2)c(F)c(N2C[C@@H](C)[C@H](N(C)C)C2)n1. The summed E-state index contributed by atoms with van der Waals surface area (Å²) >= 11 is 0. The maximum Gasteiger partial charge on any atom is 0.404 e. The summed E-state index contributed by atoms with van der Waals surface area (Å²) in [6, 6.07) is 0.286. The fourth-order valence-corrected chi connectivity index (χ4v) is 5.09. The predicted molar refractivity (Wildman–Crippen MR) is 128 cm³/mol. The third-order valence-electron chi connectivity index (χ3n) is 7.00. The summed E-state index contributed by atoms with van der Waals surface area (Å²) in [6.07, 6.45) is 4.26. The lowest BCUT2D eigenvalue weighted by Crippen LogP contribution is -2.42. The molecule has 2 aliphatic rings. The second kappa shape index (κ2) is 11.6. The summed E-state index contributed by atoms with van der Waals surface area (Å²) < 4.78 is 15.4. The van der Waals surface area contributed by atoms with Crippen LogP contribution in [0.25, 0.3) is 0 Å². The van der Waals surface area contributed by atoms with Gasteiger partial charge < -0.3 is 20.2 Å². The number of hydrogen-bond donors (Lipinski definition) is 4. The molecule has 190 valence electrons. The summed E-state index contributed by atoms with van der Waals surface area (Å²) in [7, 11) is 4.03. The van der Waals surface area contributed by atoms with Gasteiger partial charge in [0.1, 0.15) is 5.82 Å². The number of nitrogens with one attached hydrogen (secondary N) is 3. The van der Waals surface area contributed by atoms with Gasteiger partial charge in [-0.05, 0) is 32.4 Å². The van der Waals surface area contributed by atoms with Crippen molar-refractivity contribution >= 4 is 23.6 Å². The molecule has 1 aliphatic heterocycles. The van der Waals surface area contributed by atoms with E-state index in [0.29, 0.717) is 43.6 Å². The van der Waals surface area contributed by atoms with Crippen molar-refractivity contribution in [2.75, 3.05) is 44.1 Å². The standard InChI is InChI=1S/C23H38FN7O3/c1-5-18-26-20(19(24)21(27-18)31-12-14(2)17(13-31)30(3)4)28-29-22(32)16(11-25-23(33)34)10-15-8-6-7-9-15/h14-17,25H,5-13H2,1-4H3,(H,29,32)(H,33,34)(H,26,27,28)/t14-,16-,17-/m1/s1. The highest BCUT2D eigenvalue weighted by Gasteiger charge is 2.34. The number of carbonyl (C=O) groups excluding carboxylic acids is 1. The van der Waals surface area contributed by atoms with Crippen LogP contribution in [0.5, 0.6) is 0 Å². The van der Waals surface area contributed by atoms with Crippen molar-refractivity contribution in [1.82, 2.24) is 25.6 Å². The van der Waals surface area contributed by atoms with Gasteiger partial charge in [0.15, 0.2) is 11.6 Å². The van der Waals surface area contributed by atoms with Crippen molar-refractivity contribution in [3.63, 3.8) is 0 Å². The molecule has 2 amide bonds. The average molecular weight is 480 g/mol. The molecule has 3 rings (SSSR count). The van der Waals surface area contributed by atoms with Crippen LogP contribution in [0, 0.1) is 23.6 Å². The van der Waals surface area contributed by atoms with Gasteiger partial charge in [-0.2, -0.15) is 4.39 Å². The first-order chi connectivity index (χ1) is 16.2. The van der Waals surface area contributed by atoms with Crippen LogP contribution in [0.15, 0.2) is 0 Å². The number of rotatable bonds is 10. The van der Waals surface area contributed by atoms with Crippen LogP contribution in [-0.4, -0.2) is 71.7 Å². The largest absolute Gasteiger partial charge is 0.465 e. The summed E-state index contributed by atoms with van der Waals surface area (Å²) in [6.45, 7) is 5.37. The van der Waals surface area contributed by atoms with Gasteiger partial charge in [-0.15, -0.1) is 0 Å². The topological polar surface area (TPSA) is 123 Å². The van der Waals surface area contributed by atoms with Crippen LogP contribution in [-0.2, 0) is 11.2 Å². The Hall–Kier alpha value is -2.69. The Morgan fingerprint density at radius 3 is 2.53 bits per heavy atom. The second-order valence-electron chi connectivity index (χ2n) is 9.78. The fraction of sp³-hybridized carbons (Fsp3) is 0.739. The Balaban J connectivity index is 1.72. The summed E-state index contributed by atoms with van der Waals surface area (Å²) in [5.74, 6) is -0.185. The van der Waals surface area contributed by atoms with Crippen LogP contribution in [0.1, 0.15) is 51.8 Å². The molecule has 4 N–H and O–H groups in total. The van der Waals surface area contributed by atoms with Crippen molar-refractivity contribution in [1.29, 1.82) is 0 Å². The number of carboxylic acid groups (broad SMARTS) is 1. The molecule has 0 unspecified atom stereocenters. The molecule has 0 bridgehead atoms. The van der Waals surface area contributed by atoms with Gasteiger partial charge in [0.25, 0.3) is 0 Å². The number of anilines is 2. The smallest absolute Gasteiger partial charge is 0.404 e. The molecule has 1 aliphatic carbocycles. The molecule has 1 aromatic heterocycles. The maximum atomic E-state index is 15.4. The molecule has 1 saturated heterocycles.